The Hall–Kier alpha value is -2.38. The van der Waals surface area contributed by atoms with Gasteiger partial charge in [0.05, 0.1) is 32.0 Å². The molecule has 11 nitrogen and oxygen atoms in total. The van der Waals surface area contributed by atoms with Crippen molar-refractivity contribution in [3.63, 3.8) is 0 Å². The van der Waals surface area contributed by atoms with Crippen LogP contribution in [0.1, 0.15) is 303 Å². The molecule has 0 saturated carbocycles. The first-order chi connectivity index (χ1) is 38.2. The number of aliphatic hydroxyl groups is 5. The van der Waals surface area contributed by atoms with Gasteiger partial charge >= 0.3 is 5.97 Å². The summed E-state index contributed by atoms with van der Waals surface area (Å²) in [6.45, 7) is 4.11. The molecule has 1 heterocycles. The van der Waals surface area contributed by atoms with Gasteiger partial charge in [-0.25, -0.2) is 0 Å². The van der Waals surface area contributed by atoms with Gasteiger partial charge in [-0.05, 0) is 77.6 Å². The van der Waals surface area contributed by atoms with Crippen molar-refractivity contribution in [3.8, 4) is 0 Å². The zero-order chi connectivity index (χ0) is 56.6. The lowest BCUT2D eigenvalue weighted by Crippen LogP contribution is -2.60. The molecule has 0 aromatic rings. The molecule has 11 heteroatoms. The Balaban J connectivity index is 1.95. The van der Waals surface area contributed by atoms with Crippen LogP contribution in [0.4, 0.5) is 0 Å². The van der Waals surface area contributed by atoms with Crippen LogP contribution < -0.4 is 5.32 Å². The molecule has 7 unspecified atom stereocenters. The summed E-state index contributed by atoms with van der Waals surface area (Å²) in [5.41, 5.74) is 0. The van der Waals surface area contributed by atoms with Crippen LogP contribution in [-0.2, 0) is 23.8 Å². The molecule has 0 spiro atoms. The Kier molecular flexibility index (Phi) is 53.3. The van der Waals surface area contributed by atoms with Crippen molar-refractivity contribution in [2.45, 2.75) is 346 Å². The molecular weight excluding hydrogens is 979 g/mol. The maximum absolute atomic E-state index is 13.0. The van der Waals surface area contributed by atoms with E-state index in [4.69, 9.17) is 14.2 Å². The monoisotopic (exact) mass is 1100 g/mol. The number of nitrogens with one attached hydrogen (secondary N) is 1. The third kappa shape index (κ3) is 45.3. The molecule has 1 rings (SSSR count). The van der Waals surface area contributed by atoms with Crippen LogP contribution in [0.5, 0.6) is 0 Å². The lowest BCUT2D eigenvalue weighted by molar-refractivity contribution is -0.302. The summed E-state index contributed by atoms with van der Waals surface area (Å²) >= 11 is 0. The largest absolute Gasteiger partial charge is 0.466 e. The van der Waals surface area contributed by atoms with Gasteiger partial charge in [0.2, 0.25) is 5.91 Å². The molecule has 1 fully saturated rings. The van der Waals surface area contributed by atoms with Gasteiger partial charge in [0.25, 0.3) is 0 Å². The lowest BCUT2D eigenvalue weighted by atomic mass is 9.99. The van der Waals surface area contributed by atoms with Crippen molar-refractivity contribution >= 4 is 11.9 Å². The zero-order valence-electron chi connectivity index (χ0n) is 50.4. The van der Waals surface area contributed by atoms with E-state index in [2.05, 4.69) is 42.6 Å². The average molecular weight is 1100 g/mol. The van der Waals surface area contributed by atoms with Crippen LogP contribution in [0.25, 0.3) is 0 Å². The molecular formula is C67H123NO10. The first kappa shape index (κ1) is 73.6. The highest BCUT2D eigenvalue weighted by atomic mass is 16.7. The number of carbonyl (C=O) groups is 2. The van der Waals surface area contributed by atoms with Crippen molar-refractivity contribution in [2.75, 3.05) is 19.8 Å². The number of carbonyl (C=O) groups excluding carboxylic acids is 2. The van der Waals surface area contributed by atoms with E-state index in [9.17, 15) is 35.1 Å². The fourth-order valence-electron chi connectivity index (χ4n) is 10.3. The van der Waals surface area contributed by atoms with Crippen LogP contribution in [-0.4, -0.2) is 100 Å². The molecule has 0 aromatic carbocycles. The van der Waals surface area contributed by atoms with E-state index in [1.807, 2.05) is 19.1 Å². The van der Waals surface area contributed by atoms with E-state index >= 15 is 0 Å². The Bertz CT molecular complexity index is 1430. The van der Waals surface area contributed by atoms with E-state index in [-0.39, 0.29) is 18.5 Å². The first-order valence-electron chi connectivity index (χ1n) is 32.9. The Morgan fingerprint density at radius 2 is 0.885 bits per heavy atom. The standard InChI is InChI=1S/C67H123NO10/c1-3-5-7-9-11-13-14-15-28-32-35-39-43-47-51-55-63(72)76-56-52-48-44-40-36-33-30-27-25-23-21-19-17-16-18-20-22-24-26-29-31-34-38-42-46-50-54-62(71)68-59(60(70)53-49-45-41-37-12-10-8-6-4-2)58-77-67-66(75)65(74)64(73)61(57-69)78-67/h4,6,12,16,18,37,49,53,59-61,64-67,69-70,73-75H,3,5,7-11,13-15,17,19-36,38-48,50-52,54-58H2,1-2H3,(H,68,71)/b6-4+,18-16-,37-12+,53-49+. The quantitative estimate of drug-likeness (QED) is 0.0195. The normalized spacial score (nSPS) is 18.8. The topological polar surface area (TPSA) is 175 Å². The predicted molar refractivity (Wildman–Crippen MR) is 324 cm³/mol. The van der Waals surface area contributed by atoms with Crippen LogP contribution >= 0.6 is 0 Å². The molecule has 1 aliphatic heterocycles. The smallest absolute Gasteiger partial charge is 0.305 e. The molecule has 1 aliphatic rings. The second-order valence-electron chi connectivity index (χ2n) is 22.8. The highest BCUT2D eigenvalue weighted by molar-refractivity contribution is 5.76. The van der Waals surface area contributed by atoms with Gasteiger partial charge < -0.3 is 45.1 Å². The number of hydrogen-bond donors (Lipinski definition) is 6. The molecule has 0 aliphatic carbocycles. The number of allylic oxidation sites excluding steroid dienone is 7. The van der Waals surface area contributed by atoms with Gasteiger partial charge in [-0.2, -0.15) is 0 Å². The van der Waals surface area contributed by atoms with Crippen molar-refractivity contribution in [1.29, 1.82) is 0 Å². The maximum atomic E-state index is 13.0. The Labute approximate surface area is 478 Å². The fourth-order valence-corrected chi connectivity index (χ4v) is 10.3. The molecule has 1 amide bonds. The second kappa shape index (κ2) is 56.5. The Morgan fingerprint density at radius 3 is 1.35 bits per heavy atom. The zero-order valence-corrected chi connectivity index (χ0v) is 50.4. The number of ether oxygens (including phenoxy) is 3. The molecule has 1 saturated heterocycles. The van der Waals surface area contributed by atoms with E-state index in [0.29, 0.717) is 19.4 Å². The third-order valence-corrected chi connectivity index (χ3v) is 15.5. The van der Waals surface area contributed by atoms with E-state index in [1.165, 1.54) is 205 Å². The molecule has 78 heavy (non-hydrogen) atoms. The average Bonchev–Trinajstić information content (AvgIpc) is 3.44. The maximum Gasteiger partial charge on any atom is 0.305 e. The molecule has 0 radical (unpaired) electrons. The van der Waals surface area contributed by atoms with Crippen LogP contribution in [0.2, 0.25) is 0 Å². The van der Waals surface area contributed by atoms with Gasteiger partial charge in [-0.3, -0.25) is 9.59 Å². The molecule has 7 atom stereocenters. The molecule has 6 N–H and O–H groups in total. The van der Waals surface area contributed by atoms with E-state index in [1.54, 1.807) is 6.08 Å². The summed E-state index contributed by atoms with van der Waals surface area (Å²) in [6.07, 6.45) is 62.7. The minimum absolute atomic E-state index is 0.00635. The van der Waals surface area contributed by atoms with Crippen molar-refractivity contribution in [1.82, 2.24) is 5.32 Å². The van der Waals surface area contributed by atoms with Crippen LogP contribution in [0, 0.1) is 0 Å². The third-order valence-electron chi connectivity index (χ3n) is 15.5. The summed E-state index contributed by atoms with van der Waals surface area (Å²) < 4.78 is 16.7. The van der Waals surface area contributed by atoms with Crippen molar-refractivity contribution in [3.05, 3.63) is 48.6 Å². The van der Waals surface area contributed by atoms with Gasteiger partial charge in [0.15, 0.2) is 6.29 Å². The van der Waals surface area contributed by atoms with Gasteiger partial charge in [0, 0.05) is 12.8 Å². The molecule has 456 valence electrons. The van der Waals surface area contributed by atoms with Crippen molar-refractivity contribution < 1.29 is 49.3 Å². The number of unbranched alkanes of at least 4 members (excludes halogenated alkanes) is 38. The summed E-state index contributed by atoms with van der Waals surface area (Å²) in [6, 6.07) is -0.835. The first-order valence-corrected chi connectivity index (χ1v) is 32.9. The van der Waals surface area contributed by atoms with Gasteiger partial charge in [-0.1, -0.05) is 261 Å². The van der Waals surface area contributed by atoms with E-state index < -0.39 is 49.5 Å². The minimum Gasteiger partial charge on any atom is -0.466 e. The number of rotatable bonds is 57. The summed E-state index contributed by atoms with van der Waals surface area (Å²) in [4.78, 5) is 25.1. The predicted octanol–water partition coefficient (Wildman–Crippen LogP) is 16.0. The number of esters is 1. The summed E-state index contributed by atoms with van der Waals surface area (Å²) in [5, 5.41) is 54.2. The van der Waals surface area contributed by atoms with E-state index in [0.717, 1.165) is 70.6 Å². The van der Waals surface area contributed by atoms with Gasteiger partial charge in [0.1, 0.15) is 24.4 Å². The highest BCUT2D eigenvalue weighted by Gasteiger charge is 2.44. The Morgan fingerprint density at radius 1 is 0.487 bits per heavy atom. The molecule has 0 bridgehead atoms. The number of aliphatic hydroxyl groups excluding tert-OH is 5. The summed E-state index contributed by atoms with van der Waals surface area (Å²) in [5.74, 6) is -0.195. The fraction of sp³-hybridized carbons (Fsp3) is 0.851. The summed E-state index contributed by atoms with van der Waals surface area (Å²) in [7, 11) is 0. The van der Waals surface area contributed by atoms with Crippen LogP contribution in [0.15, 0.2) is 48.6 Å². The lowest BCUT2D eigenvalue weighted by Gasteiger charge is -2.40. The second-order valence-corrected chi connectivity index (χ2v) is 22.8. The molecule has 0 aromatic heterocycles. The minimum atomic E-state index is -1.58. The highest BCUT2D eigenvalue weighted by Crippen LogP contribution is 2.23. The van der Waals surface area contributed by atoms with Crippen LogP contribution in [0.3, 0.4) is 0 Å². The number of amides is 1. The number of hydrogen-bond acceptors (Lipinski definition) is 10. The van der Waals surface area contributed by atoms with Gasteiger partial charge in [-0.15, -0.1) is 0 Å². The SMILES string of the molecule is C/C=C/CC/C=C/CC/C=C/C(O)C(COC1OC(CO)C(O)C(O)C1O)NC(=O)CCCCCCCCCCCC/C=C\CCCCCCCCCCCCCCOC(=O)CCCCCCCCCCCCCCCCC. The van der Waals surface area contributed by atoms with Crippen molar-refractivity contribution in [2.24, 2.45) is 0 Å².